The molecular formula is C19H24N4OS2. The first-order chi connectivity index (χ1) is 12.6. The summed E-state index contributed by atoms with van der Waals surface area (Å²) in [6, 6.07) is 4.01. The van der Waals surface area contributed by atoms with Crippen molar-refractivity contribution in [1.29, 1.82) is 0 Å². The Balaban J connectivity index is 1.23. The zero-order valence-corrected chi connectivity index (χ0v) is 16.5. The van der Waals surface area contributed by atoms with Crippen molar-refractivity contribution in [3.8, 4) is 10.7 Å². The normalized spacial score (nSPS) is 33.3. The van der Waals surface area contributed by atoms with Crippen molar-refractivity contribution in [2.75, 3.05) is 0 Å². The second-order valence-corrected chi connectivity index (χ2v) is 10.6. The average Bonchev–Trinajstić information content (AvgIpc) is 3.23. The highest BCUT2D eigenvalue weighted by atomic mass is 32.2. The van der Waals surface area contributed by atoms with Crippen molar-refractivity contribution >= 4 is 29.0 Å². The highest BCUT2D eigenvalue weighted by molar-refractivity contribution is 8.00. The van der Waals surface area contributed by atoms with Gasteiger partial charge in [0.15, 0.2) is 5.82 Å². The van der Waals surface area contributed by atoms with E-state index in [1.807, 2.05) is 24.4 Å². The molecule has 0 spiro atoms. The summed E-state index contributed by atoms with van der Waals surface area (Å²) in [5.74, 6) is 3.43. The zero-order chi connectivity index (χ0) is 17.7. The molecule has 2 N–H and O–H groups in total. The summed E-state index contributed by atoms with van der Waals surface area (Å²) in [7, 11) is 0. The number of rotatable bonds is 5. The van der Waals surface area contributed by atoms with Crippen LogP contribution in [0.4, 0.5) is 0 Å². The van der Waals surface area contributed by atoms with Crippen LogP contribution in [-0.2, 0) is 4.79 Å². The van der Waals surface area contributed by atoms with E-state index in [-0.39, 0.29) is 16.7 Å². The summed E-state index contributed by atoms with van der Waals surface area (Å²) in [5, 5.41) is 13.2. The minimum atomic E-state index is -0.185. The highest BCUT2D eigenvalue weighted by Crippen LogP contribution is 2.55. The number of thiophene rings is 1. The molecule has 4 fully saturated rings. The number of nitrogens with zero attached hydrogens (tertiary/aromatic N) is 2. The van der Waals surface area contributed by atoms with Gasteiger partial charge >= 0.3 is 0 Å². The molecule has 26 heavy (non-hydrogen) atoms. The van der Waals surface area contributed by atoms with E-state index in [9.17, 15) is 4.79 Å². The van der Waals surface area contributed by atoms with Crippen LogP contribution in [0.25, 0.3) is 10.7 Å². The van der Waals surface area contributed by atoms with Crippen LogP contribution < -0.4 is 5.32 Å². The molecule has 1 atom stereocenters. The molecule has 2 heterocycles. The summed E-state index contributed by atoms with van der Waals surface area (Å²) in [6.45, 7) is 1.96. The van der Waals surface area contributed by atoms with E-state index in [0.717, 1.165) is 28.5 Å². The largest absolute Gasteiger partial charge is 0.350 e. The lowest BCUT2D eigenvalue weighted by Crippen LogP contribution is -2.60. The van der Waals surface area contributed by atoms with Crippen LogP contribution in [0.1, 0.15) is 45.4 Å². The van der Waals surface area contributed by atoms with Gasteiger partial charge in [0.1, 0.15) is 0 Å². The molecule has 4 aliphatic carbocycles. The van der Waals surface area contributed by atoms with Gasteiger partial charge in [-0.15, -0.1) is 16.4 Å². The van der Waals surface area contributed by atoms with Crippen molar-refractivity contribution in [2.45, 2.75) is 61.4 Å². The van der Waals surface area contributed by atoms with Gasteiger partial charge in [0, 0.05) is 5.54 Å². The number of H-pyrrole nitrogens is 1. The van der Waals surface area contributed by atoms with Crippen molar-refractivity contribution < 1.29 is 4.79 Å². The predicted octanol–water partition coefficient (Wildman–Crippen LogP) is 4.10. The van der Waals surface area contributed by atoms with Crippen LogP contribution in [0.2, 0.25) is 0 Å². The summed E-state index contributed by atoms with van der Waals surface area (Å²) in [5.41, 5.74) is 0.0712. The summed E-state index contributed by atoms with van der Waals surface area (Å²) >= 11 is 3.07. The van der Waals surface area contributed by atoms with E-state index in [1.165, 1.54) is 50.3 Å². The molecule has 138 valence electrons. The lowest BCUT2D eigenvalue weighted by molar-refractivity contribution is -0.126. The maximum atomic E-state index is 12.9. The van der Waals surface area contributed by atoms with Gasteiger partial charge < -0.3 is 5.32 Å². The number of hydrogen-bond donors (Lipinski definition) is 2. The summed E-state index contributed by atoms with van der Waals surface area (Å²) in [4.78, 5) is 18.5. The molecule has 4 aliphatic rings. The van der Waals surface area contributed by atoms with E-state index in [1.54, 1.807) is 11.3 Å². The van der Waals surface area contributed by atoms with E-state index in [4.69, 9.17) is 0 Å². The fourth-order valence-corrected chi connectivity index (χ4v) is 7.05. The van der Waals surface area contributed by atoms with Gasteiger partial charge in [-0.25, -0.2) is 4.98 Å². The first-order valence-corrected chi connectivity index (χ1v) is 11.3. The lowest BCUT2D eigenvalue weighted by atomic mass is 9.53. The minimum absolute atomic E-state index is 0.0712. The Hall–Kier alpha value is -1.34. The number of hydrogen-bond acceptors (Lipinski definition) is 5. The molecule has 0 aromatic carbocycles. The Morgan fingerprint density at radius 3 is 2.62 bits per heavy atom. The first-order valence-electron chi connectivity index (χ1n) is 9.53. The fourth-order valence-electron chi connectivity index (χ4n) is 5.66. The number of carbonyl (C=O) groups excluding carboxylic acids is 1. The van der Waals surface area contributed by atoms with Gasteiger partial charge in [-0.1, -0.05) is 17.8 Å². The quantitative estimate of drug-likeness (QED) is 0.757. The second-order valence-electron chi connectivity index (χ2n) is 8.39. The molecule has 2 aromatic heterocycles. The van der Waals surface area contributed by atoms with Gasteiger partial charge in [-0.2, -0.15) is 0 Å². The van der Waals surface area contributed by atoms with Crippen molar-refractivity contribution in [3.63, 3.8) is 0 Å². The lowest BCUT2D eigenvalue weighted by Gasteiger charge is -2.57. The molecule has 0 saturated heterocycles. The first kappa shape index (κ1) is 16.8. The fraction of sp³-hybridized carbons (Fsp3) is 0.632. The molecule has 4 bridgehead atoms. The molecule has 6 rings (SSSR count). The van der Waals surface area contributed by atoms with Gasteiger partial charge in [0.25, 0.3) is 0 Å². The molecule has 1 unspecified atom stereocenters. The predicted molar refractivity (Wildman–Crippen MR) is 104 cm³/mol. The van der Waals surface area contributed by atoms with Crippen molar-refractivity contribution in [1.82, 2.24) is 20.5 Å². The van der Waals surface area contributed by atoms with E-state index >= 15 is 0 Å². The highest BCUT2D eigenvalue weighted by Gasteiger charge is 2.51. The molecule has 2 aromatic rings. The Morgan fingerprint density at radius 1 is 1.31 bits per heavy atom. The molecule has 0 radical (unpaired) electrons. The van der Waals surface area contributed by atoms with Crippen LogP contribution in [0, 0.1) is 17.8 Å². The Bertz CT molecular complexity index is 765. The van der Waals surface area contributed by atoms with E-state index in [0.29, 0.717) is 5.16 Å². The van der Waals surface area contributed by atoms with Crippen molar-refractivity contribution in [3.05, 3.63) is 17.5 Å². The van der Waals surface area contributed by atoms with E-state index in [2.05, 4.69) is 20.5 Å². The monoisotopic (exact) mass is 388 g/mol. The third kappa shape index (κ3) is 3.09. The SMILES string of the molecule is CC(Sc1n[nH]c(-c2cccs2)n1)C(=O)NC12CC3CC(CC(C3)C1)C2. The van der Waals surface area contributed by atoms with Gasteiger partial charge in [0.05, 0.1) is 10.1 Å². The zero-order valence-electron chi connectivity index (χ0n) is 14.9. The molecule has 7 heteroatoms. The topological polar surface area (TPSA) is 70.7 Å². The summed E-state index contributed by atoms with van der Waals surface area (Å²) < 4.78 is 0. The van der Waals surface area contributed by atoms with Crippen LogP contribution in [0.3, 0.4) is 0 Å². The average molecular weight is 389 g/mol. The third-order valence-electron chi connectivity index (χ3n) is 6.30. The van der Waals surface area contributed by atoms with Crippen LogP contribution in [0.5, 0.6) is 0 Å². The van der Waals surface area contributed by atoms with Crippen LogP contribution in [0.15, 0.2) is 22.7 Å². The Morgan fingerprint density at radius 2 is 2.00 bits per heavy atom. The molecule has 4 saturated carbocycles. The van der Waals surface area contributed by atoms with Gasteiger partial charge in [-0.05, 0) is 74.6 Å². The smallest absolute Gasteiger partial charge is 0.233 e. The third-order valence-corrected chi connectivity index (χ3v) is 8.14. The van der Waals surface area contributed by atoms with Gasteiger partial charge in [-0.3, -0.25) is 9.89 Å². The van der Waals surface area contributed by atoms with Crippen LogP contribution >= 0.6 is 23.1 Å². The van der Waals surface area contributed by atoms with Crippen molar-refractivity contribution in [2.24, 2.45) is 17.8 Å². The minimum Gasteiger partial charge on any atom is -0.350 e. The number of aromatic nitrogens is 3. The second kappa shape index (κ2) is 6.37. The molecule has 5 nitrogen and oxygen atoms in total. The maximum Gasteiger partial charge on any atom is 0.233 e. The molecular weight excluding hydrogens is 364 g/mol. The number of amides is 1. The molecule has 0 aliphatic heterocycles. The number of thioether (sulfide) groups is 1. The van der Waals surface area contributed by atoms with Gasteiger partial charge in [0.2, 0.25) is 11.1 Å². The summed E-state index contributed by atoms with van der Waals surface area (Å²) in [6.07, 6.45) is 7.73. The molecule has 1 amide bonds. The Labute approximate surface area is 161 Å². The number of aromatic amines is 1. The standard InChI is InChI=1S/C19H24N4OS2/c1-11(26-18-20-16(22-23-18)15-3-2-4-25-15)17(24)21-19-8-12-5-13(9-19)7-14(6-12)10-19/h2-4,11-14H,5-10H2,1H3,(H,21,24)(H,20,22,23). The number of carbonyl (C=O) groups is 1. The maximum absolute atomic E-state index is 12.9. The Kier molecular flexibility index (Phi) is 4.12. The van der Waals surface area contributed by atoms with E-state index < -0.39 is 0 Å². The number of nitrogens with one attached hydrogen (secondary N) is 2. The van der Waals surface area contributed by atoms with Crippen LogP contribution in [-0.4, -0.2) is 31.9 Å².